The maximum absolute atomic E-state index is 12.4. The van der Waals surface area contributed by atoms with Gasteiger partial charge in [0, 0.05) is 17.7 Å². The Bertz CT molecular complexity index is 1220. The van der Waals surface area contributed by atoms with Crippen LogP contribution in [0.1, 0.15) is 26.5 Å². The standard InChI is InChI=1S/C21H16ClN3O7/c1-30-19-7-4-13(25(28)29)10-16(19)20(26)24-23-11-14-5-8-18(32-14)12-3-6-17(22)15(9-12)21(27)31-2/h3-11H,1-2H3,(H,24,26)/b23-11-. The minimum absolute atomic E-state index is 0.0458. The lowest BCUT2D eigenvalue weighted by atomic mass is 10.1. The van der Waals surface area contributed by atoms with Gasteiger partial charge in [-0.1, -0.05) is 11.6 Å². The first-order valence-corrected chi connectivity index (χ1v) is 9.35. The molecule has 11 heteroatoms. The van der Waals surface area contributed by atoms with Crippen LogP contribution in [0, 0.1) is 10.1 Å². The molecule has 0 aliphatic rings. The van der Waals surface area contributed by atoms with E-state index in [-0.39, 0.29) is 27.6 Å². The van der Waals surface area contributed by atoms with Crippen molar-refractivity contribution in [2.75, 3.05) is 14.2 Å². The maximum atomic E-state index is 12.4. The van der Waals surface area contributed by atoms with E-state index in [1.54, 1.807) is 24.3 Å². The largest absolute Gasteiger partial charge is 0.496 e. The van der Waals surface area contributed by atoms with Gasteiger partial charge in [0.05, 0.1) is 41.5 Å². The fourth-order valence-corrected chi connectivity index (χ4v) is 2.92. The number of nitrogens with zero attached hydrogens (tertiary/aromatic N) is 2. The molecule has 0 atom stereocenters. The van der Waals surface area contributed by atoms with E-state index in [1.165, 1.54) is 38.6 Å². The van der Waals surface area contributed by atoms with Gasteiger partial charge in [-0.05, 0) is 36.4 Å². The monoisotopic (exact) mass is 457 g/mol. The molecule has 3 rings (SSSR count). The van der Waals surface area contributed by atoms with Crippen molar-refractivity contribution < 1.29 is 28.4 Å². The zero-order valence-electron chi connectivity index (χ0n) is 16.8. The molecule has 1 N–H and O–H groups in total. The highest BCUT2D eigenvalue weighted by molar-refractivity contribution is 6.33. The number of nitro benzene ring substituents is 1. The first kappa shape index (κ1) is 22.5. The summed E-state index contributed by atoms with van der Waals surface area (Å²) >= 11 is 6.02. The van der Waals surface area contributed by atoms with Crippen molar-refractivity contribution in [1.29, 1.82) is 0 Å². The van der Waals surface area contributed by atoms with Crippen LogP contribution in [-0.2, 0) is 4.74 Å². The van der Waals surface area contributed by atoms with Gasteiger partial charge in [0.25, 0.3) is 11.6 Å². The molecule has 0 aliphatic carbocycles. The number of ether oxygens (including phenoxy) is 2. The fraction of sp³-hybridized carbons (Fsp3) is 0.0952. The van der Waals surface area contributed by atoms with Crippen LogP contribution in [0.5, 0.6) is 5.75 Å². The van der Waals surface area contributed by atoms with Gasteiger partial charge in [0.1, 0.15) is 17.3 Å². The molecule has 0 unspecified atom stereocenters. The molecular weight excluding hydrogens is 442 g/mol. The maximum Gasteiger partial charge on any atom is 0.339 e. The third-order valence-electron chi connectivity index (χ3n) is 4.28. The zero-order valence-corrected chi connectivity index (χ0v) is 17.6. The van der Waals surface area contributed by atoms with E-state index in [0.29, 0.717) is 17.1 Å². The van der Waals surface area contributed by atoms with Crippen LogP contribution < -0.4 is 10.2 Å². The summed E-state index contributed by atoms with van der Waals surface area (Å²) in [7, 11) is 2.60. The average molecular weight is 458 g/mol. The Balaban J connectivity index is 1.75. The van der Waals surface area contributed by atoms with Crippen molar-refractivity contribution >= 4 is 35.4 Å². The number of nitro groups is 1. The van der Waals surface area contributed by atoms with Gasteiger partial charge < -0.3 is 13.9 Å². The van der Waals surface area contributed by atoms with E-state index < -0.39 is 16.8 Å². The predicted molar refractivity (Wildman–Crippen MR) is 115 cm³/mol. The Morgan fingerprint density at radius 2 is 1.91 bits per heavy atom. The lowest BCUT2D eigenvalue weighted by Crippen LogP contribution is -2.18. The van der Waals surface area contributed by atoms with Gasteiger partial charge in [-0.25, -0.2) is 10.2 Å². The molecule has 10 nitrogen and oxygen atoms in total. The van der Waals surface area contributed by atoms with Crippen LogP contribution in [0.2, 0.25) is 5.02 Å². The number of non-ortho nitro benzene ring substituents is 1. The zero-order chi connectivity index (χ0) is 23.3. The van der Waals surface area contributed by atoms with Gasteiger partial charge in [-0.3, -0.25) is 14.9 Å². The van der Waals surface area contributed by atoms with Crippen molar-refractivity contribution in [1.82, 2.24) is 5.43 Å². The molecule has 0 saturated carbocycles. The van der Waals surface area contributed by atoms with Crippen LogP contribution in [0.25, 0.3) is 11.3 Å². The summed E-state index contributed by atoms with van der Waals surface area (Å²) in [6.45, 7) is 0. The molecule has 3 aromatic rings. The molecule has 32 heavy (non-hydrogen) atoms. The smallest absolute Gasteiger partial charge is 0.339 e. The number of hydrogen-bond acceptors (Lipinski definition) is 8. The number of amides is 1. The Morgan fingerprint density at radius 1 is 1.12 bits per heavy atom. The second-order valence-electron chi connectivity index (χ2n) is 6.23. The lowest BCUT2D eigenvalue weighted by molar-refractivity contribution is -0.384. The molecule has 0 spiro atoms. The lowest BCUT2D eigenvalue weighted by Gasteiger charge is -2.06. The number of hydrazone groups is 1. The molecule has 0 fully saturated rings. The van der Waals surface area contributed by atoms with E-state index >= 15 is 0 Å². The molecule has 1 amide bonds. The number of benzene rings is 2. The molecule has 0 aliphatic heterocycles. The number of carbonyl (C=O) groups excluding carboxylic acids is 2. The van der Waals surface area contributed by atoms with Gasteiger partial charge in [0.2, 0.25) is 0 Å². The number of methoxy groups -OCH3 is 2. The SMILES string of the molecule is COC(=O)c1cc(-c2ccc(/C=N\NC(=O)c3cc([N+](=O)[O-])ccc3OC)o2)ccc1Cl. The van der Waals surface area contributed by atoms with Crippen LogP contribution in [0.15, 0.2) is 58.0 Å². The third-order valence-corrected chi connectivity index (χ3v) is 4.61. The normalized spacial score (nSPS) is 10.7. The Kier molecular flexibility index (Phi) is 6.86. The van der Waals surface area contributed by atoms with Crippen LogP contribution in [0.4, 0.5) is 5.69 Å². The molecule has 2 aromatic carbocycles. The summed E-state index contributed by atoms with van der Waals surface area (Å²) in [6, 6.07) is 11.6. The number of rotatable bonds is 7. The second-order valence-corrected chi connectivity index (χ2v) is 6.64. The highest BCUT2D eigenvalue weighted by Crippen LogP contribution is 2.27. The van der Waals surface area contributed by atoms with Gasteiger partial charge in [-0.15, -0.1) is 0 Å². The van der Waals surface area contributed by atoms with Crippen LogP contribution in [-0.4, -0.2) is 37.2 Å². The summed E-state index contributed by atoms with van der Waals surface area (Å²) in [5.74, 6) is -0.382. The molecule has 164 valence electrons. The van der Waals surface area contributed by atoms with Crippen LogP contribution in [0.3, 0.4) is 0 Å². The predicted octanol–water partition coefficient (Wildman–Crippen LogP) is 4.07. The third kappa shape index (κ3) is 4.93. The minimum atomic E-state index is -0.700. The number of nitrogens with one attached hydrogen (secondary N) is 1. The number of hydrogen-bond donors (Lipinski definition) is 1. The second kappa shape index (κ2) is 9.75. The first-order valence-electron chi connectivity index (χ1n) is 8.98. The highest BCUT2D eigenvalue weighted by Gasteiger charge is 2.17. The van der Waals surface area contributed by atoms with Crippen LogP contribution >= 0.6 is 11.6 Å². The first-order chi connectivity index (χ1) is 15.3. The molecule has 0 bridgehead atoms. The molecule has 1 heterocycles. The van der Waals surface area contributed by atoms with E-state index in [9.17, 15) is 19.7 Å². The Hall–Kier alpha value is -4.18. The molecular formula is C21H16ClN3O7. The van der Waals surface area contributed by atoms with Gasteiger partial charge in [0.15, 0.2) is 0 Å². The minimum Gasteiger partial charge on any atom is -0.496 e. The Labute approximate surface area is 186 Å². The fourth-order valence-electron chi connectivity index (χ4n) is 2.72. The average Bonchev–Trinajstić information content (AvgIpc) is 3.27. The summed E-state index contributed by atoms with van der Waals surface area (Å²) in [6.07, 6.45) is 1.25. The molecule has 0 saturated heterocycles. The van der Waals surface area contributed by atoms with Crippen molar-refractivity contribution in [2.24, 2.45) is 5.10 Å². The number of furan rings is 1. The van der Waals surface area contributed by atoms with Crippen molar-refractivity contribution in [3.8, 4) is 17.1 Å². The van der Waals surface area contributed by atoms with E-state index in [2.05, 4.69) is 10.5 Å². The van der Waals surface area contributed by atoms with E-state index in [0.717, 1.165) is 6.07 Å². The summed E-state index contributed by atoms with van der Waals surface area (Å²) < 4.78 is 15.4. The number of carbonyl (C=O) groups is 2. The quantitative estimate of drug-likeness (QED) is 0.244. The summed E-state index contributed by atoms with van der Waals surface area (Å²) in [4.78, 5) is 34.5. The summed E-state index contributed by atoms with van der Waals surface area (Å²) in [5.41, 5.74) is 2.73. The van der Waals surface area contributed by atoms with Gasteiger partial charge >= 0.3 is 5.97 Å². The number of halogens is 1. The Morgan fingerprint density at radius 3 is 2.59 bits per heavy atom. The van der Waals surface area contributed by atoms with E-state index in [4.69, 9.17) is 25.5 Å². The number of esters is 1. The van der Waals surface area contributed by atoms with E-state index in [1.807, 2.05) is 0 Å². The summed E-state index contributed by atoms with van der Waals surface area (Å²) in [5, 5.41) is 15.0. The van der Waals surface area contributed by atoms with Crippen molar-refractivity contribution in [2.45, 2.75) is 0 Å². The molecule has 1 aromatic heterocycles. The van der Waals surface area contributed by atoms with Crippen molar-refractivity contribution in [3.05, 3.63) is 80.6 Å². The van der Waals surface area contributed by atoms with Gasteiger partial charge in [-0.2, -0.15) is 5.10 Å². The van der Waals surface area contributed by atoms with Crippen molar-refractivity contribution in [3.63, 3.8) is 0 Å². The highest BCUT2D eigenvalue weighted by atomic mass is 35.5. The molecule has 0 radical (unpaired) electrons. The topological polar surface area (TPSA) is 133 Å².